The molecule has 1 fully saturated rings. The lowest BCUT2D eigenvalue weighted by Gasteiger charge is -2.20. The van der Waals surface area contributed by atoms with Crippen molar-refractivity contribution in [3.05, 3.63) is 12.2 Å². The molecule has 0 saturated carbocycles. The van der Waals surface area contributed by atoms with Crippen molar-refractivity contribution >= 4 is 11.8 Å². The molecule has 1 rings (SSSR count). The first-order chi connectivity index (χ1) is 3.43. The maximum absolute atomic E-state index is 2.29. The van der Waals surface area contributed by atoms with Crippen molar-refractivity contribution in [1.29, 1.82) is 0 Å². The van der Waals surface area contributed by atoms with Gasteiger partial charge in [0.1, 0.15) is 0 Å². The van der Waals surface area contributed by atoms with Gasteiger partial charge in [-0.25, -0.2) is 0 Å². The predicted octanol–water partition coefficient (Wildman–Crippen LogP) is 1.93. The average Bonchev–Trinajstić information content (AvgIpc) is 1.55. The number of hydrogen-bond acceptors (Lipinski definition) is 1. The van der Waals surface area contributed by atoms with Crippen molar-refractivity contribution in [3.8, 4) is 0 Å². The molecule has 1 aliphatic rings. The maximum atomic E-state index is 2.29. The van der Waals surface area contributed by atoms with Gasteiger partial charge in [0.2, 0.25) is 0 Å². The molecule has 1 heterocycles. The van der Waals surface area contributed by atoms with Gasteiger partial charge in [-0.3, -0.25) is 0 Å². The summed E-state index contributed by atoms with van der Waals surface area (Å²) in [6, 6.07) is 0. The van der Waals surface area contributed by atoms with Gasteiger partial charge in [-0.2, -0.15) is 11.8 Å². The SMILES string of the molecule is CC=CC1CSC1. The molecule has 0 nitrogen and oxygen atoms in total. The minimum atomic E-state index is 0.912. The van der Waals surface area contributed by atoms with E-state index in [1.54, 1.807) is 0 Å². The summed E-state index contributed by atoms with van der Waals surface area (Å²) in [6.45, 7) is 2.09. The van der Waals surface area contributed by atoms with E-state index in [2.05, 4.69) is 19.1 Å². The van der Waals surface area contributed by atoms with Crippen LogP contribution < -0.4 is 0 Å². The molecule has 1 saturated heterocycles. The van der Waals surface area contributed by atoms with Crippen LogP contribution in [0.2, 0.25) is 0 Å². The van der Waals surface area contributed by atoms with E-state index in [-0.39, 0.29) is 0 Å². The smallest absolute Gasteiger partial charge is 0.000369 e. The average molecular weight is 114 g/mol. The van der Waals surface area contributed by atoms with Gasteiger partial charge in [0.15, 0.2) is 0 Å². The van der Waals surface area contributed by atoms with Crippen LogP contribution in [0.1, 0.15) is 6.92 Å². The van der Waals surface area contributed by atoms with Gasteiger partial charge >= 0.3 is 0 Å². The van der Waals surface area contributed by atoms with Crippen LogP contribution in [-0.4, -0.2) is 11.5 Å². The number of thioether (sulfide) groups is 1. The molecule has 0 bridgehead atoms. The zero-order valence-corrected chi connectivity index (χ0v) is 5.37. The lowest BCUT2D eigenvalue weighted by molar-refractivity contribution is 0.813. The van der Waals surface area contributed by atoms with Crippen LogP contribution in [0, 0.1) is 5.92 Å². The second kappa shape index (κ2) is 2.41. The molecule has 1 heteroatoms. The summed E-state index contributed by atoms with van der Waals surface area (Å²) < 4.78 is 0. The summed E-state index contributed by atoms with van der Waals surface area (Å²) in [4.78, 5) is 0. The number of rotatable bonds is 1. The fraction of sp³-hybridized carbons (Fsp3) is 0.667. The van der Waals surface area contributed by atoms with Crippen LogP contribution in [0.4, 0.5) is 0 Å². The highest BCUT2D eigenvalue weighted by atomic mass is 32.2. The normalized spacial score (nSPS) is 23.0. The first-order valence-electron chi connectivity index (χ1n) is 2.64. The summed E-state index contributed by atoms with van der Waals surface area (Å²) in [5.74, 6) is 3.62. The standard InChI is InChI=1S/C6H10S/c1-2-3-6-4-7-5-6/h2-3,6H,4-5H2,1H3. The summed E-state index contributed by atoms with van der Waals surface area (Å²) in [5, 5.41) is 0. The highest BCUT2D eigenvalue weighted by Crippen LogP contribution is 2.24. The highest BCUT2D eigenvalue weighted by molar-refractivity contribution is 8.00. The van der Waals surface area contributed by atoms with Gasteiger partial charge in [-0.05, 0) is 12.8 Å². The lowest BCUT2D eigenvalue weighted by atomic mass is 10.2. The molecule has 0 amide bonds. The monoisotopic (exact) mass is 114 g/mol. The molecular formula is C6H10S. The van der Waals surface area contributed by atoms with Crippen molar-refractivity contribution in [2.24, 2.45) is 5.92 Å². The maximum Gasteiger partial charge on any atom is 0.000369 e. The zero-order chi connectivity index (χ0) is 5.11. The minimum absolute atomic E-state index is 0.912. The summed E-state index contributed by atoms with van der Waals surface area (Å²) >= 11 is 2.03. The fourth-order valence-corrected chi connectivity index (χ4v) is 1.37. The van der Waals surface area contributed by atoms with E-state index in [1.165, 1.54) is 11.5 Å². The van der Waals surface area contributed by atoms with Crippen molar-refractivity contribution in [1.82, 2.24) is 0 Å². The van der Waals surface area contributed by atoms with Gasteiger partial charge in [0, 0.05) is 11.5 Å². The van der Waals surface area contributed by atoms with E-state index in [1.807, 2.05) is 11.8 Å². The summed E-state index contributed by atoms with van der Waals surface area (Å²) in [6.07, 6.45) is 4.43. The van der Waals surface area contributed by atoms with Crippen molar-refractivity contribution in [2.75, 3.05) is 11.5 Å². The zero-order valence-electron chi connectivity index (χ0n) is 4.55. The van der Waals surface area contributed by atoms with E-state index in [0.717, 1.165) is 5.92 Å². The Morgan fingerprint density at radius 3 is 2.43 bits per heavy atom. The second-order valence-corrected chi connectivity index (χ2v) is 2.90. The minimum Gasteiger partial charge on any atom is -0.161 e. The Hall–Kier alpha value is 0.0900. The van der Waals surface area contributed by atoms with Crippen LogP contribution in [0.5, 0.6) is 0 Å². The molecular weight excluding hydrogens is 104 g/mol. The van der Waals surface area contributed by atoms with Gasteiger partial charge in [0.05, 0.1) is 0 Å². The Bertz CT molecular complexity index is 72.2. The van der Waals surface area contributed by atoms with Crippen molar-refractivity contribution in [2.45, 2.75) is 6.92 Å². The van der Waals surface area contributed by atoms with E-state index >= 15 is 0 Å². The van der Waals surface area contributed by atoms with Gasteiger partial charge in [0.25, 0.3) is 0 Å². The van der Waals surface area contributed by atoms with Gasteiger partial charge in [-0.15, -0.1) is 0 Å². The van der Waals surface area contributed by atoms with Crippen LogP contribution in [0.15, 0.2) is 12.2 Å². The van der Waals surface area contributed by atoms with Crippen LogP contribution in [0.25, 0.3) is 0 Å². The molecule has 0 aliphatic carbocycles. The van der Waals surface area contributed by atoms with Crippen LogP contribution in [0.3, 0.4) is 0 Å². The third-order valence-corrected chi connectivity index (χ3v) is 2.46. The summed E-state index contributed by atoms with van der Waals surface area (Å²) in [5.41, 5.74) is 0. The molecule has 1 aliphatic heterocycles. The Morgan fingerprint density at radius 2 is 2.29 bits per heavy atom. The predicted molar refractivity (Wildman–Crippen MR) is 35.6 cm³/mol. The Balaban J connectivity index is 2.14. The van der Waals surface area contributed by atoms with E-state index < -0.39 is 0 Å². The molecule has 40 valence electrons. The topological polar surface area (TPSA) is 0 Å². The Morgan fingerprint density at radius 1 is 1.57 bits per heavy atom. The van der Waals surface area contributed by atoms with Crippen molar-refractivity contribution in [3.63, 3.8) is 0 Å². The Labute approximate surface area is 49.0 Å². The first kappa shape index (κ1) is 5.23. The van der Waals surface area contributed by atoms with E-state index in [0.29, 0.717) is 0 Å². The van der Waals surface area contributed by atoms with E-state index in [9.17, 15) is 0 Å². The van der Waals surface area contributed by atoms with E-state index in [4.69, 9.17) is 0 Å². The highest BCUT2D eigenvalue weighted by Gasteiger charge is 2.12. The fourth-order valence-electron chi connectivity index (χ4n) is 0.637. The van der Waals surface area contributed by atoms with Gasteiger partial charge in [-0.1, -0.05) is 12.2 Å². The molecule has 0 spiro atoms. The molecule has 0 radical (unpaired) electrons. The number of hydrogen-bond donors (Lipinski definition) is 0. The van der Waals surface area contributed by atoms with Crippen LogP contribution in [-0.2, 0) is 0 Å². The largest absolute Gasteiger partial charge is 0.161 e. The second-order valence-electron chi connectivity index (χ2n) is 1.82. The molecule has 0 aromatic rings. The molecule has 0 aromatic heterocycles. The quantitative estimate of drug-likeness (QED) is 0.469. The lowest BCUT2D eigenvalue weighted by Crippen LogP contribution is -2.14. The molecule has 0 aromatic carbocycles. The molecule has 0 unspecified atom stereocenters. The third-order valence-electron chi connectivity index (χ3n) is 1.13. The van der Waals surface area contributed by atoms with Gasteiger partial charge < -0.3 is 0 Å². The van der Waals surface area contributed by atoms with Crippen molar-refractivity contribution < 1.29 is 0 Å². The third kappa shape index (κ3) is 1.23. The number of allylic oxidation sites excluding steroid dienone is 2. The van der Waals surface area contributed by atoms with Crippen LogP contribution >= 0.6 is 11.8 Å². The molecule has 0 atom stereocenters. The molecule has 7 heavy (non-hydrogen) atoms. The first-order valence-corrected chi connectivity index (χ1v) is 3.79. The Kier molecular flexibility index (Phi) is 1.80. The summed E-state index contributed by atoms with van der Waals surface area (Å²) in [7, 11) is 0. The molecule has 0 N–H and O–H groups in total.